The zero-order valence-corrected chi connectivity index (χ0v) is 8.90. The van der Waals surface area contributed by atoms with E-state index in [1.807, 2.05) is 0 Å². The predicted molar refractivity (Wildman–Crippen MR) is 62.1 cm³/mol. The summed E-state index contributed by atoms with van der Waals surface area (Å²) in [5.74, 6) is 0. The SMILES string of the molecule is N#Cc1c2n(c3c(=O)[nH]cnc13)C=CNCC2. The lowest BCUT2D eigenvalue weighted by Crippen LogP contribution is -2.09. The summed E-state index contributed by atoms with van der Waals surface area (Å²) in [4.78, 5) is 18.4. The van der Waals surface area contributed by atoms with Crippen molar-refractivity contribution in [2.45, 2.75) is 6.42 Å². The molecular formula is C11H9N5O. The largest absolute Gasteiger partial charge is 0.389 e. The van der Waals surface area contributed by atoms with Gasteiger partial charge in [-0.3, -0.25) is 4.79 Å². The van der Waals surface area contributed by atoms with Gasteiger partial charge in [0, 0.05) is 31.1 Å². The lowest BCUT2D eigenvalue weighted by Gasteiger charge is -2.00. The Labute approximate surface area is 96.2 Å². The maximum Gasteiger partial charge on any atom is 0.275 e. The van der Waals surface area contributed by atoms with Crippen molar-refractivity contribution in [3.05, 3.63) is 34.1 Å². The molecule has 3 rings (SSSR count). The van der Waals surface area contributed by atoms with Gasteiger partial charge in [0.15, 0.2) is 0 Å². The Bertz CT molecular complexity index is 716. The van der Waals surface area contributed by atoms with Crippen molar-refractivity contribution in [1.82, 2.24) is 19.9 Å². The number of nitriles is 1. The second-order valence-electron chi connectivity index (χ2n) is 3.75. The molecule has 0 atom stereocenters. The molecule has 0 radical (unpaired) electrons. The van der Waals surface area contributed by atoms with Gasteiger partial charge < -0.3 is 14.9 Å². The Kier molecular flexibility index (Phi) is 1.98. The highest BCUT2D eigenvalue weighted by Crippen LogP contribution is 2.22. The third-order valence-corrected chi connectivity index (χ3v) is 2.85. The molecule has 84 valence electrons. The lowest BCUT2D eigenvalue weighted by atomic mass is 10.2. The maximum atomic E-state index is 11.8. The summed E-state index contributed by atoms with van der Waals surface area (Å²) in [5, 5.41) is 12.3. The molecule has 0 amide bonds. The van der Waals surface area contributed by atoms with Gasteiger partial charge in [-0.2, -0.15) is 5.26 Å². The molecule has 1 aliphatic rings. The van der Waals surface area contributed by atoms with Gasteiger partial charge in [0.05, 0.1) is 11.9 Å². The van der Waals surface area contributed by atoms with Crippen LogP contribution in [0.1, 0.15) is 11.3 Å². The number of hydrogen-bond acceptors (Lipinski definition) is 4. The molecule has 2 aromatic heterocycles. The first kappa shape index (κ1) is 9.66. The van der Waals surface area contributed by atoms with Gasteiger partial charge in [-0.15, -0.1) is 0 Å². The van der Waals surface area contributed by atoms with Crippen molar-refractivity contribution < 1.29 is 0 Å². The molecular weight excluding hydrogens is 218 g/mol. The summed E-state index contributed by atoms with van der Waals surface area (Å²) >= 11 is 0. The Morgan fingerprint density at radius 2 is 2.41 bits per heavy atom. The molecule has 1 aliphatic heterocycles. The van der Waals surface area contributed by atoms with E-state index in [2.05, 4.69) is 21.4 Å². The van der Waals surface area contributed by atoms with Crippen molar-refractivity contribution >= 4 is 17.2 Å². The second kappa shape index (κ2) is 3.49. The Hall–Kier alpha value is -2.55. The van der Waals surface area contributed by atoms with E-state index < -0.39 is 0 Å². The lowest BCUT2D eigenvalue weighted by molar-refractivity contribution is 0.826. The summed E-state index contributed by atoms with van der Waals surface area (Å²) in [6.45, 7) is 0.736. The van der Waals surface area contributed by atoms with Crippen LogP contribution in [0.2, 0.25) is 0 Å². The van der Waals surface area contributed by atoms with Crippen molar-refractivity contribution in [2.75, 3.05) is 6.54 Å². The fourth-order valence-corrected chi connectivity index (χ4v) is 2.12. The van der Waals surface area contributed by atoms with Crippen molar-refractivity contribution in [3.63, 3.8) is 0 Å². The predicted octanol–water partition coefficient (Wildman–Crippen LogP) is 0.170. The van der Waals surface area contributed by atoms with Crippen LogP contribution in [-0.2, 0) is 6.42 Å². The summed E-state index contributed by atoms with van der Waals surface area (Å²) < 4.78 is 1.74. The first-order valence-corrected chi connectivity index (χ1v) is 5.23. The number of rotatable bonds is 0. The second-order valence-corrected chi connectivity index (χ2v) is 3.75. The van der Waals surface area contributed by atoms with E-state index in [9.17, 15) is 10.1 Å². The molecule has 6 heteroatoms. The number of hydrogen-bond donors (Lipinski definition) is 2. The van der Waals surface area contributed by atoms with Crippen LogP contribution in [-0.4, -0.2) is 21.1 Å². The quantitative estimate of drug-likeness (QED) is 0.671. The van der Waals surface area contributed by atoms with E-state index in [-0.39, 0.29) is 5.56 Å². The van der Waals surface area contributed by atoms with Crippen LogP contribution in [0.15, 0.2) is 17.3 Å². The minimum Gasteiger partial charge on any atom is -0.389 e. The molecule has 0 spiro atoms. The highest BCUT2D eigenvalue weighted by Gasteiger charge is 2.19. The number of H-pyrrole nitrogens is 1. The molecule has 0 aliphatic carbocycles. The molecule has 2 aromatic rings. The Morgan fingerprint density at radius 3 is 3.24 bits per heavy atom. The fraction of sp³-hybridized carbons (Fsp3) is 0.182. The van der Waals surface area contributed by atoms with E-state index in [0.29, 0.717) is 23.0 Å². The molecule has 0 aromatic carbocycles. The van der Waals surface area contributed by atoms with Crippen molar-refractivity contribution in [3.8, 4) is 6.07 Å². The minimum atomic E-state index is -0.232. The summed E-state index contributed by atoms with van der Waals surface area (Å²) in [6.07, 6.45) is 5.53. The Morgan fingerprint density at radius 1 is 1.53 bits per heavy atom. The maximum absolute atomic E-state index is 11.8. The van der Waals surface area contributed by atoms with E-state index in [1.54, 1.807) is 17.0 Å². The summed E-state index contributed by atoms with van der Waals surface area (Å²) in [6, 6.07) is 2.14. The third-order valence-electron chi connectivity index (χ3n) is 2.85. The third kappa shape index (κ3) is 1.26. The molecule has 0 unspecified atom stereocenters. The standard InChI is InChI=1S/C11H9N5O/c12-5-7-8-1-2-13-3-4-16(8)10-9(7)14-6-15-11(10)17/h3-4,6,13H,1-2H2,(H,14,15,17). The molecule has 0 bridgehead atoms. The molecule has 0 fully saturated rings. The first-order chi connectivity index (χ1) is 8.33. The number of aromatic amines is 1. The fourth-order valence-electron chi connectivity index (χ4n) is 2.12. The van der Waals surface area contributed by atoms with Crippen LogP contribution in [0.4, 0.5) is 0 Å². The summed E-state index contributed by atoms with van der Waals surface area (Å²) in [7, 11) is 0. The van der Waals surface area contributed by atoms with Crippen LogP contribution in [0.3, 0.4) is 0 Å². The van der Waals surface area contributed by atoms with E-state index >= 15 is 0 Å². The van der Waals surface area contributed by atoms with Crippen LogP contribution in [0, 0.1) is 11.3 Å². The monoisotopic (exact) mass is 227 g/mol. The van der Waals surface area contributed by atoms with Crippen molar-refractivity contribution in [2.24, 2.45) is 0 Å². The van der Waals surface area contributed by atoms with Gasteiger partial charge in [0.1, 0.15) is 17.1 Å². The highest BCUT2D eigenvalue weighted by atomic mass is 16.1. The normalized spacial score (nSPS) is 13.8. The van der Waals surface area contributed by atoms with Gasteiger partial charge in [-0.25, -0.2) is 4.98 Å². The average Bonchev–Trinajstić information content (AvgIpc) is 2.49. The van der Waals surface area contributed by atoms with E-state index in [4.69, 9.17) is 0 Å². The van der Waals surface area contributed by atoms with Crippen LogP contribution in [0.25, 0.3) is 17.2 Å². The minimum absolute atomic E-state index is 0.232. The smallest absolute Gasteiger partial charge is 0.275 e. The first-order valence-electron chi connectivity index (χ1n) is 5.23. The zero-order chi connectivity index (χ0) is 11.8. The van der Waals surface area contributed by atoms with Gasteiger partial charge in [0.25, 0.3) is 5.56 Å². The molecule has 17 heavy (non-hydrogen) atoms. The van der Waals surface area contributed by atoms with Crippen LogP contribution >= 0.6 is 0 Å². The van der Waals surface area contributed by atoms with E-state index in [0.717, 1.165) is 12.2 Å². The number of nitrogens with one attached hydrogen (secondary N) is 2. The topological polar surface area (TPSA) is 86.5 Å². The molecule has 6 nitrogen and oxygen atoms in total. The van der Waals surface area contributed by atoms with E-state index in [1.165, 1.54) is 6.33 Å². The highest BCUT2D eigenvalue weighted by molar-refractivity contribution is 5.85. The molecule has 0 saturated heterocycles. The number of fused-ring (bicyclic) bond motifs is 3. The van der Waals surface area contributed by atoms with Crippen LogP contribution < -0.4 is 10.9 Å². The number of aromatic nitrogens is 3. The zero-order valence-electron chi connectivity index (χ0n) is 8.90. The van der Waals surface area contributed by atoms with Crippen molar-refractivity contribution in [1.29, 1.82) is 5.26 Å². The average molecular weight is 227 g/mol. The molecule has 3 heterocycles. The Balaban J connectivity index is 2.53. The van der Waals surface area contributed by atoms with Crippen LogP contribution in [0.5, 0.6) is 0 Å². The molecule has 0 saturated carbocycles. The van der Waals surface area contributed by atoms with Gasteiger partial charge in [0.2, 0.25) is 0 Å². The summed E-state index contributed by atoms with van der Waals surface area (Å²) in [5.41, 5.74) is 1.98. The van der Waals surface area contributed by atoms with Gasteiger partial charge in [-0.05, 0) is 0 Å². The van der Waals surface area contributed by atoms with Gasteiger partial charge >= 0.3 is 0 Å². The molecule has 2 N–H and O–H groups in total. The number of nitrogens with zero attached hydrogens (tertiary/aromatic N) is 3. The van der Waals surface area contributed by atoms with Gasteiger partial charge in [-0.1, -0.05) is 0 Å².